The Morgan fingerprint density at radius 3 is 2.65 bits per heavy atom. The molecule has 3 aromatic rings. The zero-order valence-electron chi connectivity index (χ0n) is 18.2. The van der Waals surface area contributed by atoms with E-state index in [1.165, 1.54) is 16.5 Å². The number of hydrogen-bond acceptors (Lipinski definition) is 4. The highest BCUT2D eigenvalue weighted by molar-refractivity contribution is 7.19. The highest BCUT2D eigenvalue weighted by Gasteiger charge is 2.19. The number of fused-ring (bicyclic) bond motifs is 1. The van der Waals surface area contributed by atoms with Crippen molar-refractivity contribution in [1.29, 1.82) is 0 Å². The molecule has 1 heterocycles. The highest BCUT2D eigenvalue weighted by atomic mass is 32.1. The minimum atomic E-state index is -1.00. The minimum absolute atomic E-state index is 0.195. The van der Waals surface area contributed by atoms with Gasteiger partial charge in [0.05, 0.1) is 6.61 Å². The number of hydrogen-bond donors (Lipinski definition) is 1. The van der Waals surface area contributed by atoms with Crippen LogP contribution in [0, 0.1) is 19.7 Å². The largest absolute Gasteiger partial charge is 0.494 e. The second-order valence-electron chi connectivity index (χ2n) is 7.82. The van der Waals surface area contributed by atoms with Gasteiger partial charge in [0.25, 0.3) is 0 Å². The molecule has 0 amide bonds. The Kier molecular flexibility index (Phi) is 7.91. The van der Waals surface area contributed by atoms with Crippen LogP contribution in [0.1, 0.15) is 54.5 Å². The number of aliphatic carboxylic acids is 1. The standard InChI is InChI=1S/C25H29FO4S/c1-4-5-6-18(25-17(3)21-9-7-19(26)14-23(21)31-25)11-12-29-20-8-10-22(16(2)13-20)30-15-24(27)28/h7-10,13-14,18H,4-6,11-12,15H2,1-3H3,(H,27,28). The molecule has 0 bridgehead atoms. The molecule has 0 fully saturated rings. The number of thiophene rings is 1. The number of unbranched alkanes of at least 4 members (excludes halogenated alkanes) is 1. The van der Waals surface area contributed by atoms with Crippen molar-refractivity contribution in [3.8, 4) is 11.5 Å². The Hall–Kier alpha value is -2.60. The minimum Gasteiger partial charge on any atom is -0.494 e. The number of carbonyl (C=O) groups is 1. The summed E-state index contributed by atoms with van der Waals surface area (Å²) < 4.78 is 25.9. The van der Waals surface area contributed by atoms with E-state index in [2.05, 4.69) is 13.8 Å². The summed E-state index contributed by atoms with van der Waals surface area (Å²) in [4.78, 5) is 12.0. The van der Waals surface area contributed by atoms with Crippen LogP contribution in [0.3, 0.4) is 0 Å². The second kappa shape index (κ2) is 10.6. The van der Waals surface area contributed by atoms with Crippen molar-refractivity contribution in [2.24, 2.45) is 0 Å². The summed E-state index contributed by atoms with van der Waals surface area (Å²) in [6.45, 7) is 6.40. The summed E-state index contributed by atoms with van der Waals surface area (Å²) >= 11 is 1.69. The lowest BCUT2D eigenvalue weighted by Crippen LogP contribution is -2.10. The zero-order chi connectivity index (χ0) is 22.4. The Bertz CT molecular complexity index is 1040. The molecule has 1 N–H and O–H groups in total. The van der Waals surface area contributed by atoms with Gasteiger partial charge in [-0.1, -0.05) is 25.8 Å². The summed E-state index contributed by atoms with van der Waals surface area (Å²) in [6, 6.07) is 10.4. The molecule has 31 heavy (non-hydrogen) atoms. The summed E-state index contributed by atoms with van der Waals surface area (Å²) in [5, 5.41) is 9.89. The van der Waals surface area contributed by atoms with E-state index in [1.807, 2.05) is 19.1 Å². The van der Waals surface area contributed by atoms with Gasteiger partial charge in [0.15, 0.2) is 6.61 Å². The van der Waals surface area contributed by atoms with E-state index < -0.39 is 5.97 Å². The predicted octanol–water partition coefficient (Wildman–Crippen LogP) is 6.86. The first-order valence-corrected chi connectivity index (χ1v) is 11.5. The van der Waals surface area contributed by atoms with Gasteiger partial charge in [0.2, 0.25) is 0 Å². The lowest BCUT2D eigenvalue weighted by Gasteiger charge is -2.17. The van der Waals surface area contributed by atoms with Crippen molar-refractivity contribution < 1.29 is 23.8 Å². The quantitative estimate of drug-likeness (QED) is 0.351. The van der Waals surface area contributed by atoms with Crippen LogP contribution in [-0.4, -0.2) is 24.3 Å². The average molecular weight is 445 g/mol. The maximum absolute atomic E-state index is 13.7. The Morgan fingerprint density at radius 1 is 1.13 bits per heavy atom. The fourth-order valence-electron chi connectivity index (χ4n) is 3.80. The van der Waals surface area contributed by atoms with E-state index in [0.717, 1.165) is 47.1 Å². The first kappa shape index (κ1) is 23.1. The molecule has 4 nitrogen and oxygen atoms in total. The lowest BCUT2D eigenvalue weighted by atomic mass is 9.94. The molecule has 166 valence electrons. The van der Waals surface area contributed by atoms with Gasteiger partial charge in [-0.2, -0.15) is 0 Å². The molecule has 0 radical (unpaired) electrons. The van der Waals surface area contributed by atoms with Crippen molar-refractivity contribution in [3.63, 3.8) is 0 Å². The SMILES string of the molecule is CCCCC(CCOc1ccc(OCC(=O)O)c(C)c1)c1sc2cc(F)ccc2c1C. The van der Waals surface area contributed by atoms with Crippen LogP contribution in [0.4, 0.5) is 4.39 Å². The third-order valence-electron chi connectivity index (χ3n) is 5.45. The summed E-state index contributed by atoms with van der Waals surface area (Å²) in [6.07, 6.45) is 4.23. The van der Waals surface area contributed by atoms with E-state index in [-0.39, 0.29) is 12.4 Å². The number of ether oxygens (including phenoxy) is 2. The smallest absolute Gasteiger partial charge is 0.341 e. The van der Waals surface area contributed by atoms with Crippen LogP contribution in [0.2, 0.25) is 0 Å². The molecule has 0 saturated carbocycles. The molecule has 0 aliphatic heterocycles. The van der Waals surface area contributed by atoms with Crippen LogP contribution in [0.5, 0.6) is 11.5 Å². The number of aryl methyl sites for hydroxylation is 2. The predicted molar refractivity (Wildman–Crippen MR) is 123 cm³/mol. The summed E-state index contributed by atoms with van der Waals surface area (Å²) in [7, 11) is 0. The number of benzene rings is 2. The van der Waals surface area contributed by atoms with Crippen LogP contribution in [0.15, 0.2) is 36.4 Å². The molecule has 3 rings (SSSR count). The normalized spacial score (nSPS) is 12.1. The first-order chi connectivity index (χ1) is 14.9. The highest BCUT2D eigenvalue weighted by Crippen LogP contribution is 2.39. The number of halogens is 1. The maximum Gasteiger partial charge on any atom is 0.341 e. The van der Waals surface area contributed by atoms with E-state index in [1.54, 1.807) is 29.5 Å². The Balaban J connectivity index is 1.68. The van der Waals surface area contributed by atoms with Gasteiger partial charge >= 0.3 is 5.97 Å². The van der Waals surface area contributed by atoms with Crippen molar-refractivity contribution in [3.05, 3.63) is 58.2 Å². The summed E-state index contributed by atoms with van der Waals surface area (Å²) in [5.41, 5.74) is 2.08. The Labute approximate surface area is 186 Å². The molecule has 0 saturated heterocycles. The monoisotopic (exact) mass is 444 g/mol. The topological polar surface area (TPSA) is 55.8 Å². The van der Waals surface area contributed by atoms with Gasteiger partial charge in [-0.3, -0.25) is 0 Å². The maximum atomic E-state index is 13.7. The van der Waals surface area contributed by atoms with Crippen molar-refractivity contribution in [2.75, 3.05) is 13.2 Å². The average Bonchev–Trinajstić information content (AvgIpc) is 3.05. The molecule has 6 heteroatoms. The fraction of sp³-hybridized carbons (Fsp3) is 0.400. The van der Waals surface area contributed by atoms with Crippen LogP contribution in [-0.2, 0) is 4.79 Å². The van der Waals surface area contributed by atoms with Crippen LogP contribution >= 0.6 is 11.3 Å². The fourth-order valence-corrected chi connectivity index (χ4v) is 5.20. The molecule has 1 unspecified atom stereocenters. The molecule has 1 atom stereocenters. The van der Waals surface area contributed by atoms with Gasteiger partial charge in [-0.05, 0) is 79.5 Å². The third kappa shape index (κ3) is 5.97. The first-order valence-electron chi connectivity index (χ1n) is 10.7. The van der Waals surface area contributed by atoms with Crippen molar-refractivity contribution in [1.82, 2.24) is 0 Å². The molecule has 0 aliphatic carbocycles. The lowest BCUT2D eigenvalue weighted by molar-refractivity contribution is -0.139. The van der Waals surface area contributed by atoms with E-state index in [4.69, 9.17) is 14.6 Å². The second-order valence-corrected chi connectivity index (χ2v) is 8.90. The zero-order valence-corrected chi connectivity index (χ0v) is 19.1. The molecule has 0 spiro atoms. The molecule has 0 aliphatic rings. The molecular weight excluding hydrogens is 415 g/mol. The number of rotatable bonds is 11. The summed E-state index contributed by atoms with van der Waals surface area (Å²) in [5.74, 6) is 0.463. The van der Waals surface area contributed by atoms with E-state index in [0.29, 0.717) is 18.3 Å². The van der Waals surface area contributed by atoms with Crippen molar-refractivity contribution in [2.45, 2.75) is 52.4 Å². The van der Waals surface area contributed by atoms with E-state index >= 15 is 0 Å². The van der Waals surface area contributed by atoms with E-state index in [9.17, 15) is 9.18 Å². The van der Waals surface area contributed by atoms with Gasteiger partial charge in [0.1, 0.15) is 17.3 Å². The Morgan fingerprint density at radius 2 is 1.94 bits per heavy atom. The number of carboxylic acid groups (broad SMARTS) is 1. The van der Waals surface area contributed by atoms with Gasteiger partial charge in [0, 0.05) is 9.58 Å². The van der Waals surface area contributed by atoms with Gasteiger partial charge < -0.3 is 14.6 Å². The van der Waals surface area contributed by atoms with Gasteiger partial charge in [-0.25, -0.2) is 9.18 Å². The third-order valence-corrected chi connectivity index (χ3v) is 6.86. The van der Waals surface area contributed by atoms with Crippen LogP contribution in [0.25, 0.3) is 10.1 Å². The van der Waals surface area contributed by atoms with Crippen molar-refractivity contribution >= 4 is 27.4 Å². The van der Waals surface area contributed by atoms with Crippen LogP contribution < -0.4 is 9.47 Å². The van der Waals surface area contributed by atoms with Gasteiger partial charge in [-0.15, -0.1) is 11.3 Å². The number of carboxylic acids is 1. The molecule has 1 aromatic heterocycles. The molecule has 2 aromatic carbocycles. The molecular formula is C25H29FO4S.